The van der Waals surface area contributed by atoms with Crippen LogP contribution in [0.1, 0.15) is 10.4 Å². The van der Waals surface area contributed by atoms with Crippen molar-refractivity contribution in [1.29, 1.82) is 0 Å². The van der Waals surface area contributed by atoms with Gasteiger partial charge < -0.3 is 4.42 Å². The Morgan fingerprint density at radius 3 is 2.64 bits per heavy atom. The number of halogens is 1. The highest BCUT2D eigenvalue weighted by atomic mass is 35.5. The van der Waals surface area contributed by atoms with Gasteiger partial charge in [0, 0.05) is 10.4 Å². The molecular weight excluding hydrogens is 306 g/mol. The molecule has 5 nitrogen and oxygen atoms in total. The lowest BCUT2D eigenvalue weighted by Crippen LogP contribution is -2.31. The lowest BCUT2D eigenvalue weighted by molar-refractivity contribution is 0.0851. The highest BCUT2D eigenvalue weighted by molar-refractivity contribution is 6.31. The Kier molecular flexibility index (Phi) is 3.66. The molecule has 0 saturated carbocycles. The molecule has 0 bridgehead atoms. The summed E-state index contributed by atoms with van der Waals surface area (Å²) in [6, 6.07) is 14.3. The van der Waals surface area contributed by atoms with Crippen molar-refractivity contribution in [1.82, 2.24) is 0 Å². The van der Waals surface area contributed by atoms with Crippen molar-refractivity contribution in [2.24, 2.45) is 0 Å². The van der Waals surface area contributed by atoms with Gasteiger partial charge in [0.15, 0.2) is 0 Å². The van der Waals surface area contributed by atoms with Crippen LogP contribution in [0.2, 0.25) is 5.02 Å². The van der Waals surface area contributed by atoms with E-state index in [1.807, 2.05) is 0 Å². The summed E-state index contributed by atoms with van der Waals surface area (Å²) in [4.78, 5) is 24.2. The van der Waals surface area contributed by atoms with Crippen LogP contribution >= 0.6 is 11.6 Å². The zero-order valence-corrected chi connectivity index (χ0v) is 11.9. The van der Waals surface area contributed by atoms with Crippen LogP contribution in [-0.2, 0) is 0 Å². The maximum absolute atomic E-state index is 12.3. The summed E-state index contributed by atoms with van der Waals surface area (Å²) < 4.78 is 5.08. The van der Waals surface area contributed by atoms with Crippen LogP contribution in [0.5, 0.6) is 0 Å². The van der Waals surface area contributed by atoms with Gasteiger partial charge in [-0.2, -0.15) is 5.06 Å². The van der Waals surface area contributed by atoms with Crippen LogP contribution in [-0.4, -0.2) is 11.1 Å². The standard InChI is InChI=1S/C16H10ClNO4/c17-11-5-3-6-12(9-11)18(21)15(19)13-8-10-4-1-2-7-14(10)22-16(13)20/h1-9,21H. The molecule has 0 spiro atoms. The molecule has 0 fully saturated rings. The smallest absolute Gasteiger partial charge is 0.349 e. The van der Waals surface area contributed by atoms with Crippen molar-refractivity contribution in [2.75, 3.05) is 5.06 Å². The van der Waals surface area contributed by atoms with Crippen LogP contribution < -0.4 is 10.7 Å². The molecule has 3 rings (SSSR count). The molecule has 3 aromatic rings. The van der Waals surface area contributed by atoms with Gasteiger partial charge in [0.25, 0.3) is 5.91 Å². The topological polar surface area (TPSA) is 70.8 Å². The van der Waals surface area contributed by atoms with Gasteiger partial charge >= 0.3 is 5.63 Å². The number of benzene rings is 2. The number of anilines is 1. The number of fused-ring (bicyclic) bond motifs is 1. The Bertz CT molecular complexity index is 919. The molecular formula is C16H10ClNO4. The van der Waals surface area contributed by atoms with Crippen LogP contribution in [0, 0.1) is 0 Å². The predicted octanol–water partition coefficient (Wildman–Crippen LogP) is 3.48. The van der Waals surface area contributed by atoms with Gasteiger partial charge in [-0.15, -0.1) is 0 Å². The molecule has 0 aliphatic heterocycles. The van der Waals surface area contributed by atoms with E-state index in [0.29, 0.717) is 21.1 Å². The summed E-state index contributed by atoms with van der Waals surface area (Å²) in [5.41, 5.74) is -0.549. The Balaban J connectivity index is 2.05. The van der Waals surface area contributed by atoms with Gasteiger partial charge in [-0.25, -0.2) is 4.79 Å². The van der Waals surface area contributed by atoms with E-state index in [4.69, 9.17) is 16.0 Å². The average molecular weight is 316 g/mol. The summed E-state index contributed by atoms with van der Waals surface area (Å²) >= 11 is 5.82. The van der Waals surface area contributed by atoms with Crippen LogP contribution in [0.4, 0.5) is 5.69 Å². The Morgan fingerprint density at radius 2 is 1.86 bits per heavy atom. The number of hydrogen-bond acceptors (Lipinski definition) is 4. The minimum atomic E-state index is -0.887. The van der Waals surface area contributed by atoms with E-state index in [-0.39, 0.29) is 11.3 Å². The van der Waals surface area contributed by atoms with E-state index in [2.05, 4.69) is 0 Å². The van der Waals surface area contributed by atoms with Crippen molar-refractivity contribution in [2.45, 2.75) is 0 Å². The van der Waals surface area contributed by atoms with Crippen molar-refractivity contribution in [3.63, 3.8) is 0 Å². The van der Waals surface area contributed by atoms with Gasteiger partial charge in [0.2, 0.25) is 0 Å². The second kappa shape index (κ2) is 5.63. The normalized spacial score (nSPS) is 10.6. The first-order valence-corrected chi connectivity index (χ1v) is 6.76. The number of hydrogen-bond donors (Lipinski definition) is 1. The van der Waals surface area contributed by atoms with Crippen LogP contribution in [0.15, 0.2) is 63.8 Å². The van der Waals surface area contributed by atoms with Crippen LogP contribution in [0.3, 0.4) is 0 Å². The van der Waals surface area contributed by atoms with Crippen molar-refractivity contribution < 1.29 is 14.4 Å². The van der Waals surface area contributed by atoms with E-state index in [1.165, 1.54) is 18.2 Å². The van der Waals surface area contributed by atoms with Crippen molar-refractivity contribution in [3.05, 3.63) is 75.6 Å². The Labute approximate surface area is 129 Å². The summed E-state index contributed by atoms with van der Waals surface area (Å²) in [6.07, 6.45) is 0. The average Bonchev–Trinajstić information content (AvgIpc) is 2.53. The molecule has 6 heteroatoms. The number of rotatable bonds is 2. The summed E-state index contributed by atoms with van der Waals surface area (Å²) in [6.45, 7) is 0. The highest BCUT2D eigenvalue weighted by Crippen LogP contribution is 2.20. The quantitative estimate of drug-likeness (QED) is 0.446. The first-order chi connectivity index (χ1) is 10.6. The fraction of sp³-hybridized carbons (Fsp3) is 0. The first-order valence-electron chi connectivity index (χ1n) is 6.38. The molecule has 2 aromatic carbocycles. The number of para-hydroxylation sites is 1. The fourth-order valence-electron chi connectivity index (χ4n) is 2.05. The highest BCUT2D eigenvalue weighted by Gasteiger charge is 2.21. The van der Waals surface area contributed by atoms with Gasteiger partial charge in [-0.1, -0.05) is 35.9 Å². The third kappa shape index (κ3) is 2.59. The summed E-state index contributed by atoms with van der Waals surface area (Å²) in [7, 11) is 0. The molecule has 1 aromatic heterocycles. The zero-order valence-electron chi connectivity index (χ0n) is 11.2. The SMILES string of the molecule is O=C(c1cc2ccccc2oc1=O)N(O)c1cccc(Cl)c1. The third-order valence-electron chi connectivity index (χ3n) is 3.12. The minimum Gasteiger partial charge on any atom is -0.422 e. The molecule has 1 N–H and O–H groups in total. The Hall–Kier alpha value is -2.63. The second-order valence-corrected chi connectivity index (χ2v) is 5.02. The molecule has 1 amide bonds. The van der Waals surface area contributed by atoms with Crippen LogP contribution in [0.25, 0.3) is 11.0 Å². The lowest BCUT2D eigenvalue weighted by Gasteiger charge is -2.14. The minimum absolute atomic E-state index is 0.157. The van der Waals surface area contributed by atoms with E-state index >= 15 is 0 Å². The van der Waals surface area contributed by atoms with E-state index < -0.39 is 11.5 Å². The number of nitrogens with zero attached hydrogens (tertiary/aromatic N) is 1. The molecule has 110 valence electrons. The number of carbonyl (C=O) groups is 1. The monoisotopic (exact) mass is 315 g/mol. The number of hydroxylamine groups is 1. The third-order valence-corrected chi connectivity index (χ3v) is 3.35. The molecule has 1 heterocycles. The summed E-state index contributed by atoms with van der Waals surface area (Å²) in [5.74, 6) is -0.887. The molecule has 0 unspecified atom stereocenters. The fourth-order valence-corrected chi connectivity index (χ4v) is 2.23. The lowest BCUT2D eigenvalue weighted by atomic mass is 10.1. The van der Waals surface area contributed by atoms with E-state index in [0.717, 1.165) is 0 Å². The molecule has 0 aliphatic carbocycles. The van der Waals surface area contributed by atoms with Crippen molar-refractivity contribution in [3.8, 4) is 0 Å². The molecule has 0 atom stereocenters. The largest absolute Gasteiger partial charge is 0.422 e. The molecule has 0 radical (unpaired) electrons. The number of amides is 1. The maximum atomic E-state index is 12.3. The second-order valence-electron chi connectivity index (χ2n) is 4.58. The number of carbonyl (C=O) groups excluding carboxylic acids is 1. The van der Waals surface area contributed by atoms with Crippen molar-refractivity contribution >= 4 is 34.2 Å². The molecule has 0 saturated heterocycles. The zero-order chi connectivity index (χ0) is 15.7. The Morgan fingerprint density at radius 1 is 1.09 bits per heavy atom. The first kappa shape index (κ1) is 14.3. The maximum Gasteiger partial charge on any atom is 0.349 e. The van der Waals surface area contributed by atoms with E-state index in [9.17, 15) is 14.8 Å². The molecule has 0 aliphatic rings. The molecule has 22 heavy (non-hydrogen) atoms. The predicted molar refractivity (Wildman–Crippen MR) is 82.5 cm³/mol. The van der Waals surface area contributed by atoms with Gasteiger partial charge in [0.05, 0.1) is 5.69 Å². The van der Waals surface area contributed by atoms with Gasteiger partial charge in [0.1, 0.15) is 11.1 Å². The summed E-state index contributed by atoms with van der Waals surface area (Å²) in [5, 5.41) is 11.3. The van der Waals surface area contributed by atoms with Gasteiger partial charge in [-0.3, -0.25) is 10.0 Å². The van der Waals surface area contributed by atoms with Gasteiger partial charge in [-0.05, 0) is 30.3 Å². The van der Waals surface area contributed by atoms with E-state index in [1.54, 1.807) is 36.4 Å².